The Bertz CT molecular complexity index is 1470. The molecule has 1 aromatic carbocycles. The minimum Gasteiger partial charge on any atom is -0.340 e. The highest BCUT2D eigenvalue weighted by molar-refractivity contribution is 7.85. The van der Waals surface area contributed by atoms with E-state index >= 15 is 0 Å². The van der Waals surface area contributed by atoms with Crippen molar-refractivity contribution < 1.29 is 17.4 Å². The maximum absolute atomic E-state index is 13.5. The number of benzene rings is 1. The summed E-state index contributed by atoms with van der Waals surface area (Å²) in [6.45, 7) is 15.8. The second kappa shape index (κ2) is 9.74. The van der Waals surface area contributed by atoms with Crippen molar-refractivity contribution in [3.05, 3.63) is 53.9 Å². The molecular formula is C26H34FN5O3S. The van der Waals surface area contributed by atoms with Crippen molar-refractivity contribution in [2.75, 3.05) is 6.26 Å². The highest BCUT2D eigenvalue weighted by Gasteiger charge is 2.24. The SMILES string of the molecule is CS(=O)(=O)O.Cc1nc2ccc(-c3[nH]c(C(C)(C)C)nc3-c3ccc(F)cc3)nc2n1CC(C)(C)C. The van der Waals surface area contributed by atoms with Crippen LogP contribution in [0.5, 0.6) is 0 Å². The van der Waals surface area contributed by atoms with Crippen LogP contribution in [0.4, 0.5) is 4.39 Å². The Labute approximate surface area is 211 Å². The smallest absolute Gasteiger partial charge is 0.261 e. The summed E-state index contributed by atoms with van der Waals surface area (Å²) in [5, 5.41) is 0. The first-order valence-corrected chi connectivity index (χ1v) is 13.4. The fourth-order valence-electron chi connectivity index (χ4n) is 3.65. The summed E-state index contributed by atoms with van der Waals surface area (Å²) in [5.74, 6) is 1.55. The van der Waals surface area contributed by atoms with E-state index in [2.05, 4.69) is 51.1 Å². The lowest BCUT2D eigenvalue weighted by Crippen LogP contribution is -2.16. The number of halogens is 1. The molecule has 0 aliphatic rings. The molecule has 0 amide bonds. The van der Waals surface area contributed by atoms with Crippen LogP contribution in [0.15, 0.2) is 36.4 Å². The number of nitrogens with one attached hydrogen (secondary N) is 1. The summed E-state index contributed by atoms with van der Waals surface area (Å²) in [6, 6.07) is 10.4. The Hall–Kier alpha value is -3.11. The molecule has 0 bridgehead atoms. The second-order valence-corrected chi connectivity index (χ2v) is 12.6. The quantitative estimate of drug-likeness (QED) is 0.334. The van der Waals surface area contributed by atoms with E-state index < -0.39 is 10.1 Å². The maximum Gasteiger partial charge on any atom is 0.261 e. The van der Waals surface area contributed by atoms with Crippen LogP contribution < -0.4 is 0 Å². The van der Waals surface area contributed by atoms with E-state index in [4.69, 9.17) is 19.5 Å². The van der Waals surface area contributed by atoms with Crippen molar-refractivity contribution in [3.63, 3.8) is 0 Å². The first-order chi connectivity index (χ1) is 16.4. The van der Waals surface area contributed by atoms with Crippen LogP contribution in [0.25, 0.3) is 33.8 Å². The number of nitrogens with zero attached hydrogens (tertiary/aromatic N) is 4. The third-order valence-electron chi connectivity index (χ3n) is 5.20. The number of rotatable bonds is 3. The van der Waals surface area contributed by atoms with Crippen molar-refractivity contribution in [1.82, 2.24) is 24.5 Å². The first kappa shape index (κ1) is 27.5. The number of aryl methyl sites for hydroxylation is 1. The van der Waals surface area contributed by atoms with Crippen LogP contribution in [0, 0.1) is 18.2 Å². The van der Waals surface area contributed by atoms with Gasteiger partial charge in [0.2, 0.25) is 0 Å². The van der Waals surface area contributed by atoms with Crippen LogP contribution in [-0.4, -0.2) is 43.7 Å². The Morgan fingerprint density at radius 2 is 1.56 bits per heavy atom. The van der Waals surface area contributed by atoms with Crippen LogP contribution in [-0.2, 0) is 22.1 Å². The Morgan fingerprint density at radius 3 is 2.08 bits per heavy atom. The van der Waals surface area contributed by atoms with Gasteiger partial charge in [-0.15, -0.1) is 0 Å². The molecule has 0 aliphatic heterocycles. The monoisotopic (exact) mass is 515 g/mol. The van der Waals surface area contributed by atoms with Gasteiger partial charge >= 0.3 is 0 Å². The van der Waals surface area contributed by atoms with Crippen molar-refractivity contribution in [1.29, 1.82) is 0 Å². The molecule has 3 heterocycles. The number of hydrogen-bond donors (Lipinski definition) is 2. The highest BCUT2D eigenvalue weighted by Crippen LogP contribution is 2.34. The number of H-pyrrole nitrogens is 1. The van der Waals surface area contributed by atoms with Gasteiger partial charge in [0.15, 0.2) is 5.65 Å². The fraction of sp³-hybridized carbons (Fsp3) is 0.423. The van der Waals surface area contributed by atoms with Gasteiger partial charge in [0.1, 0.15) is 23.0 Å². The van der Waals surface area contributed by atoms with Crippen molar-refractivity contribution >= 4 is 21.3 Å². The molecule has 0 aliphatic carbocycles. The van der Waals surface area contributed by atoms with E-state index in [1.165, 1.54) is 12.1 Å². The Kier molecular flexibility index (Phi) is 7.44. The molecule has 4 aromatic rings. The number of fused-ring (bicyclic) bond motifs is 1. The molecule has 10 heteroatoms. The molecule has 0 atom stereocenters. The van der Waals surface area contributed by atoms with Crippen LogP contribution >= 0.6 is 0 Å². The lowest BCUT2D eigenvalue weighted by molar-refractivity contribution is 0.344. The van der Waals surface area contributed by atoms with Gasteiger partial charge in [-0.25, -0.2) is 19.3 Å². The summed E-state index contributed by atoms with van der Waals surface area (Å²) in [5.41, 5.74) is 4.93. The van der Waals surface area contributed by atoms with Crippen LogP contribution in [0.3, 0.4) is 0 Å². The summed E-state index contributed by atoms with van der Waals surface area (Å²) in [4.78, 5) is 18.1. The lowest BCUT2D eigenvalue weighted by atomic mass is 9.96. The van der Waals surface area contributed by atoms with E-state index in [9.17, 15) is 12.8 Å². The molecule has 4 rings (SSSR count). The van der Waals surface area contributed by atoms with Crippen LogP contribution in [0.1, 0.15) is 53.2 Å². The average Bonchev–Trinajstić information content (AvgIpc) is 3.28. The molecule has 36 heavy (non-hydrogen) atoms. The third-order valence-corrected chi connectivity index (χ3v) is 5.20. The third kappa shape index (κ3) is 6.98. The van der Waals surface area contributed by atoms with E-state index in [1.807, 2.05) is 19.1 Å². The van der Waals surface area contributed by atoms with Gasteiger partial charge < -0.3 is 9.55 Å². The minimum absolute atomic E-state index is 0.0999. The molecule has 194 valence electrons. The number of pyridine rings is 1. The van der Waals surface area contributed by atoms with E-state index in [0.717, 1.165) is 52.0 Å². The molecule has 2 N–H and O–H groups in total. The minimum atomic E-state index is -3.67. The molecule has 0 radical (unpaired) electrons. The van der Waals surface area contributed by atoms with Gasteiger partial charge in [-0.05, 0) is 48.7 Å². The van der Waals surface area contributed by atoms with Gasteiger partial charge in [-0.3, -0.25) is 4.55 Å². The van der Waals surface area contributed by atoms with E-state index in [1.54, 1.807) is 12.1 Å². The predicted octanol–water partition coefficient (Wildman–Crippen LogP) is 5.78. The molecule has 0 saturated heterocycles. The van der Waals surface area contributed by atoms with Crippen molar-refractivity contribution in [2.45, 2.75) is 60.4 Å². The number of imidazole rings is 2. The van der Waals surface area contributed by atoms with Gasteiger partial charge in [-0.2, -0.15) is 8.42 Å². The zero-order valence-electron chi connectivity index (χ0n) is 22.0. The van der Waals surface area contributed by atoms with Gasteiger partial charge in [0.05, 0.1) is 23.3 Å². The summed E-state index contributed by atoms with van der Waals surface area (Å²) in [6.07, 6.45) is 0.715. The molecule has 0 unspecified atom stereocenters. The average molecular weight is 516 g/mol. The summed E-state index contributed by atoms with van der Waals surface area (Å²) >= 11 is 0. The molecular weight excluding hydrogens is 481 g/mol. The van der Waals surface area contributed by atoms with E-state index in [0.29, 0.717) is 6.26 Å². The second-order valence-electron chi connectivity index (χ2n) is 11.1. The summed E-state index contributed by atoms with van der Waals surface area (Å²) in [7, 11) is -3.67. The Morgan fingerprint density at radius 1 is 0.972 bits per heavy atom. The number of hydrogen-bond acceptors (Lipinski definition) is 5. The van der Waals surface area contributed by atoms with Gasteiger partial charge in [-0.1, -0.05) is 41.5 Å². The zero-order valence-corrected chi connectivity index (χ0v) is 22.8. The lowest BCUT2D eigenvalue weighted by Gasteiger charge is -2.20. The summed E-state index contributed by atoms with van der Waals surface area (Å²) < 4.78 is 41.6. The zero-order chi connectivity index (χ0) is 27.1. The van der Waals surface area contributed by atoms with Crippen LogP contribution in [0.2, 0.25) is 0 Å². The largest absolute Gasteiger partial charge is 0.340 e. The van der Waals surface area contributed by atoms with Gasteiger partial charge in [0, 0.05) is 17.5 Å². The molecule has 0 spiro atoms. The normalized spacial score (nSPS) is 12.5. The Balaban J connectivity index is 0.000000658. The molecule has 0 saturated carbocycles. The van der Waals surface area contributed by atoms with Crippen molar-refractivity contribution in [3.8, 4) is 22.6 Å². The topological polar surface area (TPSA) is 114 Å². The van der Waals surface area contributed by atoms with E-state index in [-0.39, 0.29) is 16.6 Å². The number of aromatic nitrogens is 5. The molecule has 8 nitrogen and oxygen atoms in total. The first-order valence-electron chi connectivity index (χ1n) is 11.6. The molecule has 3 aromatic heterocycles. The standard InChI is InChI=1S/C25H30FN5.CH4O3S/c1-15-27-19-13-12-18(28-22(19)31(15)14-24(2,3)4)21-20(16-8-10-17(26)11-9-16)29-23(30-21)25(5,6)7;1-5(2,3)4/h8-13H,14H2,1-7H3,(H,29,30);1H3,(H,2,3,4). The highest BCUT2D eigenvalue weighted by atomic mass is 32.2. The maximum atomic E-state index is 13.5. The van der Waals surface area contributed by atoms with Gasteiger partial charge in [0.25, 0.3) is 10.1 Å². The predicted molar refractivity (Wildman–Crippen MR) is 141 cm³/mol. The molecule has 0 fully saturated rings. The van der Waals surface area contributed by atoms with Crippen molar-refractivity contribution in [2.24, 2.45) is 5.41 Å². The number of aromatic amines is 1. The fourth-order valence-corrected chi connectivity index (χ4v) is 3.65.